The maximum Gasteiger partial charge on any atom is 0.173 e. The average molecular weight is 228 g/mol. The van der Waals surface area contributed by atoms with Crippen molar-refractivity contribution in [3.05, 3.63) is 53.9 Å². The normalized spacial score (nSPS) is 10.8. The van der Waals surface area contributed by atoms with Gasteiger partial charge >= 0.3 is 0 Å². The number of rotatable bonds is 4. The van der Waals surface area contributed by atoms with Crippen LogP contribution in [-0.2, 0) is 12.8 Å². The SMILES string of the molecule is O/N=C/c1ncc(CCc2cccnc2)cn1. The van der Waals surface area contributed by atoms with Crippen molar-refractivity contribution in [2.45, 2.75) is 12.8 Å². The first-order chi connectivity index (χ1) is 8.38. The van der Waals surface area contributed by atoms with Crippen LogP contribution in [-0.4, -0.2) is 26.4 Å². The first kappa shape index (κ1) is 11.2. The second kappa shape index (κ2) is 5.69. The molecule has 0 radical (unpaired) electrons. The molecule has 0 saturated carbocycles. The molecule has 0 atom stereocenters. The molecule has 0 aliphatic heterocycles. The van der Waals surface area contributed by atoms with E-state index in [9.17, 15) is 0 Å². The molecule has 5 heteroatoms. The standard InChI is InChI=1S/C12H12N4O/c17-16-9-12-14-7-11(8-15-12)4-3-10-2-1-5-13-6-10/h1-2,5-9,17H,3-4H2/b16-9+. The van der Waals surface area contributed by atoms with Gasteiger partial charge in [0, 0.05) is 24.8 Å². The lowest BCUT2D eigenvalue weighted by Gasteiger charge is -2.00. The van der Waals surface area contributed by atoms with Crippen molar-refractivity contribution in [3.63, 3.8) is 0 Å². The highest BCUT2D eigenvalue weighted by atomic mass is 16.4. The highest BCUT2D eigenvalue weighted by Crippen LogP contribution is 2.04. The molecule has 0 bridgehead atoms. The third-order valence-electron chi connectivity index (χ3n) is 2.32. The van der Waals surface area contributed by atoms with Gasteiger partial charge in [0.1, 0.15) is 6.21 Å². The lowest BCUT2D eigenvalue weighted by molar-refractivity contribution is 0.321. The highest BCUT2D eigenvalue weighted by molar-refractivity contribution is 5.73. The Morgan fingerprint density at radius 1 is 1.12 bits per heavy atom. The third-order valence-corrected chi connectivity index (χ3v) is 2.32. The summed E-state index contributed by atoms with van der Waals surface area (Å²) < 4.78 is 0. The highest BCUT2D eigenvalue weighted by Gasteiger charge is 1.97. The largest absolute Gasteiger partial charge is 0.411 e. The Morgan fingerprint density at radius 3 is 2.53 bits per heavy atom. The summed E-state index contributed by atoms with van der Waals surface area (Å²) in [6.07, 6.45) is 10.1. The molecule has 0 aliphatic carbocycles. The third kappa shape index (κ3) is 3.34. The Bertz CT molecular complexity index is 482. The van der Waals surface area contributed by atoms with Crippen molar-refractivity contribution in [1.82, 2.24) is 15.0 Å². The van der Waals surface area contributed by atoms with Crippen molar-refractivity contribution >= 4 is 6.21 Å². The summed E-state index contributed by atoms with van der Waals surface area (Å²) >= 11 is 0. The molecular weight excluding hydrogens is 216 g/mol. The maximum absolute atomic E-state index is 8.32. The molecule has 0 saturated heterocycles. The van der Waals surface area contributed by atoms with E-state index >= 15 is 0 Å². The van der Waals surface area contributed by atoms with E-state index in [2.05, 4.69) is 20.1 Å². The van der Waals surface area contributed by atoms with Crippen LogP contribution < -0.4 is 0 Å². The summed E-state index contributed by atoms with van der Waals surface area (Å²) in [5.74, 6) is 0.401. The number of pyridine rings is 1. The van der Waals surface area contributed by atoms with Crippen LogP contribution in [0.5, 0.6) is 0 Å². The van der Waals surface area contributed by atoms with Gasteiger partial charge in [-0.3, -0.25) is 4.98 Å². The predicted molar refractivity (Wildman–Crippen MR) is 63.1 cm³/mol. The molecule has 0 spiro atoms. The minimum Gasteiger partial charge on any atom is -0.411 e. The van der Waals surface area contributed by atoms with Gasteiger partial charge in [-0.05, 0) is 30.0 Å². The molecule has 86 valence electrons. The van der Waals surface area contributed by atoms with Crippen LogP contribution in [0, 0.1) is 0 Å². The zero-order valence-electron chi connectivity index (χ0n) is 9.19. The van der Waals surface area contributed by atoms with Crippen LogP contribution in [0.2, 0.25) is 0 Å². The van der Waals surface area contributed by atoms with E-state index in [0.29, 0.717) is 5.82 Å². The van der Waals surface area contributed by atoms with Gasteiger partial charge in [0.05, 0.1) is 0 Å². The predicted octanol–water partition coefficient (Wildman–Crippen LogP) is 1.46. The van der Waals surface area contributed by atoms with E-state index in [1.54, 1.807) is 18.6 Å². The quantitative estimate of drug-likeness (QED) is 0.488. The summed E-state index contributed by atoms with van der Waals surface area (Å²) in [4.78, 5) is 12.1. The maximum atomic E-state index is 8.32. The molecule has 1 N–H and O–H groups in total. The van der Waals surface area contributed by atoms with Gasteiger partial charge in [0.15, 0.2) is 5.82 Å². The van der Waals surface area contributed by atoms with Gasteiger partial charge in [-0.2, -0.15) is 0 Å². The van der Waals surface area contributed by atoms with E-state index in [1.165, 1.54) is 11.8 Å². The first-order valence-electron chi connectivity index (χ1n) is 5.26. The van der Waals surface area contributed by atoms with Gasteiger partial charge in [-0.25, -0.2) is 9.97 Å². The fourth-order valence-corrected chi connectivity index (χ4v) is 1.45. The molecule has 2 aromatic rings. The molecule has 2 heterocycles. The molecule has 0 fully saturated rings. The Morgan fingerprint density at radius 2 is 1.88 bits per heavy atom. The molecule has 0 aliphatic rings. The summed E-state index contributed by atoms with van der Waals surface area (Å²) in [6.45, 7) is 0. The molecule has 0 aromatic carbocycles. The molecule has 0 amide bonds. The topological polar surface area (TPSA) is 71.3 Å². The zero-order chi connectivity index (χ0) is 11.9. The van der Waals surface area contributed by atoms with E-state index in [1.807, 2.05) is 18.3 Å². The van der Waals surface area contributed by atoms with E-state index in [0.717, 1.165) is 18.4 Å². The molecule has 5 nitrogen and oxygen atoms in total. The number of aromatic nitrogens is 3. The molecule has 0 unspecified atom stereocenters. The van der Waals surface area contributed by atoms with E-state index < -0.39 is 0 Å². The zero-order valence-corrected chi connectivity index (χ0v) is 9.19. The van der Waals surface area contributed by atoms with Crippen LogP contribution in [0.4, 0.5) is 0 Å². The van der Waals surface area contributed by atoms with Crippen molar-refractivity contribution in [3.8, 4) is 0 Å². The van der Waals surface area contributed by atoms with Gasteiger partial charge in [-0.15, -0.1) is 0 Å². The smallest absolute Gasteiger partial charge is 0.173 e. The van der Waals surface area contributed by atoms with Gasteiger partial charge in [-0.1, -0.05) is 11.2 Å². The van der Waals surface area contributed by atoms with Crippen molar-refractivity contribution < 1.29 is 5.21 Å². The summed E-state index contributed by atoms with van der Waals surface area (Å²) in [5, 5.41) is 11.2. The number of aryl methyl sites for hydroxylation is 2. The van der Waals surface area contributed by atoms with Gasteiger partial charge < -0.3 is 5.21 Å². The van der Waals surface area contributed by atoms with Crippen LogP contribution in [0.25, 0.3) is 0 Å². The Hall–Kier alpha value is -2.30. The van der Waals surface area contributed by atoms with Crippen LogP contribution in [0.1, 0.15) is 17.0 Å². The molecule has 2 aromatic heterocycles. The fourth-order valence-electron chi connectivity index (χ4n) is 1.45. The number of nitrogens with zero attached hydrogens (tertiary/aromatic N) is 4. The summed E-state index contributed by atoms with van der Waals surface area (Å²) in [7, 11) is 0. The molecular formula is C12H12N4O. The Labute approximate surface area is 98.9 Å². The second-order valence-corrected chi connectivity index (χ2v) is 3.56. The average Bonchev–Trinajstić information content (AvgIpc) is 2.40. The van der Waals surface area contributed by atoms with E-state index in [4.69, 9.17) is 5.21 Å². The number of hydrogen-bond donors (Lipinski definition) is 1. The van der Waals surface area contributed by atoms with Crippen LogP contribution in [0.3, 0.4) is 0 Å². The first-order valence-corrected chi connectivity index (χ1v) is 5.26. The summed E-state index contributed by atoms with van der Waals surface area (Å²) in [6, 6.07) is 3.97. The summed E-state index contributed by atoms with van der Waals surface area (Å²) in [5.41, 5.74) is 2.23. The lowest BCUT2D eigenvalue weighted by atomic mass is 10.1. The number of oxime groups is 1. The molecule has 17 heavy (non-hydrogen) atoms. The molecule has 2 rings (SSSR count). The van der Waals surface area contributed by atoms with Gasteiger partial charge in [0.2, 0.25) is 0 Å². The van der Waals surface area contributed by atoms with Crippen LogP contribution >= 0.6 is 0 Å². The van der Waals surface area contributed by atoms with Crippen molar-refractivity contribution in [2.24, 2.45) is 5.16 Å². The Balaban J connectivity index is 1.95. The monoisotopic (exact) mass is 228 g/mol. The lowest BCUT2D eigenvalue weighted by Crippen LogP contribution is -1.97. The minimum absolute atomic E-state index is 0.401. The fraction of sp³-hybridized carbons (Fsp3) is 0.167. The van der Waals surface area contributed by atoms with Gasteiger partial charge in [0.25, 0.3) is 0 Å². The second-order valence-electron chi connectivity index (χ2n) is 3.56. The Kier molecular flexibility index (Phi) is 3.75. The van der Waals surface area contributed by atoms with Crippen molar-refractivity contribution in [2.75, 3.05) is 0 Å². The minimum atomic E-state index is 0.401. The van der Waals surface area contributed by atoms with E-state index in [-0.39, 0.29) is 0 Å². The van der Waals surface area contributed by atoms with Crippen molar-refractivity contribution in [1.29, 1.82) is 0 Å². The van der Waals surface area contributed by atoms with Crippen LogP contribution in [0.15, 0.2) is 42.1 Å². The number of hydrogen-bond acceptors (Lipinski definition) is 5.